The lowest BCUT2D eigenvalue weighted by molar-refractivity contribution is -0.127. The minimum absolute atomic E-state index is 0. The van der Waals surface area contributed by atoms with E-state index in [0.717, 1.165) is 24.2 Å². The number of aromatic nitrogens is 2. The molecule has 0 bridgehead atoms. The number of aliphatic imine (C=N–C) groups is 1. The van der Waals surface area contributed by atoms with Gasteiger partial charge < -0.3 is 15.5 Å². The Bertz CT molecular complexity index is 830. The number of rotatable bonds is 6. The standard InChI is InChI=1S/C21H29FN6O.HI/c1-27(2)20(29)15-24-21(25-17-6-4-3-5-7-17)23-14-18-12-13-28(26-18)19-10-8-16(22)9-11-19;/h8-13,17H,3-7,14-15H2,1-2H3,(H2,23,24,25);1H. The van der Waals surface area contributed by atoms with Gasteiger partial charge in [0.05, 0.1) is 24.5 Å². The summed E-state index contributed by atoms with van der Waals surface area (Å²) in [6, 6.07) is 8.44. The first kappa shape index (κ1) is 24.1. The normalized spacial score (nSPS) is 14.7. The topological polar surface area (TPSA) is 74.5 Å². The van der Waals surface area contributed by atoms with Crippen LogP contribution in [0.5, 0.6) is 0 Å². The van der Waals surface area contributed by atoms with Gasteiger partial charge in [0, 0.05) is 26.3 Å². The number of nitrogens with one attached hydrogen (secondary N) is 2. The fourth-order valence-corrected chi connectivity index (χ4v) is 3.25. The van der Waals surface area contributed by atoms with Crippen LogP contribution >= 0.6 is 24.0 Å². The number of hydrogen-bond acceptors (Lipinski definition) is 3. The summed E-state index contributed by atoms with van der Waals surface area (Å²) in [5.41, 5.74) is 1.58. The van der Waals surface area contributed by atoms with Crippen molar-refractivity contribution in [2.75, 3.05) is 20.6 Å². The lowest BCUT2D eigenvalue weighted by atomic mass is 9.96. The van der Waals surface area contributed by atoms with Crippen LogP contribution in [0.1, 0.15) is 37.8 Å². The van der Waals surface area contributed by atoms with Gasteiger partial charge in [-0.05, 0) is 43.2 Å². The van der Waals surface area contributed by atoms with E-state index in [1.165, 1.54) is 31.4 Å². The number of hydrogen-bond donors (Lipinski definition) is 2. The minimum Gasteiger partial charge on any atom is -0.354 e. The zero-order valence-electron chi connectivity index (χ0n) is 17.5. The third-order valence-electron chi connectivity index (χ3n) is 4.99. The molecule has 1 aromatic carbocycles. The van der Waals surface area contributed by atoms with Gasteiger partial charge in [-0.2, -0.15) is 5.10 Å². The van der Waals surface area contributed by atoms with Gasteiger partial charge in [-0.25, -0.2) is 14.1 Å². The Kier molecular flexibility index (Phi) is 9.54. The average Bonchev–Trinajstić information content (AvgIpc) is 3.20. The summed E-state index contributed by atoms with van der Waals surface area (Å²) in [6.07, 6.45) is 7.75. The molecule has 1 aliphatic carbocycles. The fraction of sp³-hybridized carbons (Fsp3) is 0.476. The molecule has 2 N–H and O–H groups in total. The van der Waals surface area contributed by atoms with E-state index in [2.05, 4.69) is 20.7 Å². The molecule has 2 aromatic rings. The number of benzene rings is 1. The van der Waals surface area contributed by atoms with E-state index in [-0.39, 0.29) is 42.2 Å². The molecule has 1 amide bonds. The molecule has 7 nitrogen and oxygen atoms in total. The molecule has 1 saturated carbocycles. The van der Waals surface area contributed by atoms with E-state index < -0.39 is 0 Å². The molecule has 0 unspecified atom stereocenters. The Morgan fingerprint density at radius 1 is 1.20 bits per heavy atom. The summed E-state index contributed by atoms with van der Waals surface area (Å²) in [5.74, 6) is 0.342. The molecule has 9 heteroatoms. The van der Waals surface area contributed by atoms with Crippen molar-refractivity contribution in [3.05, 3.63) is 48.0 Å². The van der Waals surface area contributed by atoms with Gasteiger partial charge in [-0.1, -0.05) is 19.3 Å². The second kappa shape index (κ2) is 11.9. The second-order valence-corrected chi connectivity index (χ2v) is 7.51. The first-order valence-corrected chi connectivity index (χ1v) is 10.1. The lowest BCUT2D eigenvalue weighted by Gasteiger charge is -2.25. The van der Waals surface area contributed by atoms with E-state index >= 15 is 0 Å². The molecule has 0 atom stereocenters. The summed E-state index contributed by atoms with van der Waals surface area (Å²) in [7, 11) is 3.47. The third kappa shape index (κ3) is 7.26. The molecule has 1 aromatic heterocycles. The zero-order chi connectivity index (χ0) is 20.6. The van der Waals surface area contributed by atoms with Gasteiger partial charge in [0.2, 0.25) is 5.91 Å². The molecular weight excluding hydrogens is 498 g/mol. The maximum Gasteiger partial charge on any atom is 0.241 e. The fourth-order valence-electron chi connectivity index (χ4n) is 3.25. The average molecular weight is 528 g/mol. The van der Waals surface area contributed by atoms with Crippen molar-refractivity contribution in [1.29, 1.82) is 0 Å². The van der Waals surface area contributed by atoms with Gasteiger partial charge in [0.15, 0.2) is 5.96 Å². The van der Waals surface area contributed by atoms with Gasteiger partial charge >= 0.3 is 0 Å². The van der Waals surface area contributed by atoms with Gasteiger partial charge in [0.1, 0.15) is 5.82 Å². The van der Waals surface area contributed by atoms with Crippen LogP contribution in [0.3, 0.4) is 0 Å². The second-order valence-electron chi connectivity index (χ2n) is 7.51. The Morgan fingerprint density at radius 2 is 1.90 bits per heavy atom. The number of carbonyl (C=O) groups excluding carboxylic acids is 1. The van der Waals surface area contributed by atoms with Crippen molar-refractivity contribution in [3.8, 4) is 5.69 Å². The van der Waals surface area contributed by atoms with Crippen LogP contribution in [0.2, 0.25) is 0 Å². The molecular formula is C21H30FIN6O. The number of guanidine groups is 1. The van der Waals surface area contributed by atoms with Crippen LogP contribution in [0, 0.1) is 5.82 Å². The molecule has 1 fully saturated rings. The number of amides is 1. The van der Waals surface area contributed by atoms with Crippen molar-refractivity contribution in [2.24, 2.45) is 4.99 Å². The summed E-state index contributed by atoms with van der Waals surface area (Å²) in [4.78, 5) is 18.1. The highest BCUT2D eigenvalue weighted by molar-refractivity contribution is 14.0. The monoisotopic (exact) mass is 528 g/mol. The van der Waals surface area contributed by atoms with Crippen LogP contribution in [0.15, 0.2) is 41.5 Å². The predicted octanol–water partition coefficient (Wildman–Crippen LogP) is 3.09. The van der Waals surface area contributed by atoms with E-state index in [0.29, 0.717) is 18.5 Å². The minimum atomic E-state index is -0.275. The van der Waals surface area contributed by atoms with Gasteiger partial charge in [-0.15, -0.1) is 24.0 Å². The van der Waals surface area contributed by atoms with Crippen LogP contribution < -0.4 is 10.6 Å². The van der Waals surface area contributed by atoms with Crippen molar-refractivity contribution < 1.29 is 9.18 Å². The van der Waals surface area contributed by atoms with Crippen molar-refractivity contribution in [2.45, 2.75) is 44.7 Å². The van der Waals surface area contributed by atoms with Crippen LogP contribution in [-0.4, -0.2) is 53.2 Å². The molecule has 0 saturated heterocycles. The van der Waals surface area contributed by atoms with E-state index in [1.807, 2.05) is 12.3 Å². The van der Waals surface area contributed by atoms with Crippen molar-refractivity contribution >= 4 is 35.8 Å². The highest BCUT2D eigenvalue weighted by atomic mass is 127. The van der Waals surface area contributed by atoms with Crippen molar-refractivity contribution in [1.82, 2.24) is 25.3 Å². The summed E-state index contributed by atoms with van der Waals surface area (Å²) < 4.78 is 14.8. The number of halogens is 2. The Labute approximate surface area is 194 Å². The van der Waals surface area contributed by atoms with Crippen molar-refractivity contribution in [3.63, 3.8) is 0 Å². The molecule has 3 rings (SSSR count). The quantitative estimate of drug-likeness (QED) is 0.344. The SMILES string of the molecule is CN(C)C(=O)CNC(=NCc1ccn(-c2ccc(F)cc2)n1)NC1CCCCC1.I. The van der Waals surface area contributed by atoms with Crippen LogP contribution in [0.4, 0.5) is 4.39 Å². The Balaban J connectivity index is 0.00000320. The summed E-state index contributed by atoms with van der Waals surface area (Å²) in [6.45, 7) is 0.571. The Morgan fingerprint density at radius 3 is 2.57 bits per heavy atom. The molecule has 1 heterocycles. The van der Waals surface area contributed by atoms with E-state index in [9.17, 15) is 9.18 Å². The van der Waals surface area contributed by atoms with Crippen LogP contribution in [-0.2, 0) is 11.3 Å². The van der Waals surface area contributed by atoms with Crippen LogP contribution in [0.25, 0.3) is 5.69 Å². The zero-order valence-corrected chi connectivity index (χ0v) is 19.8. The largest absolute Gasteiger partial charge is 0.354 e. The summed E-state index contributed by atoms with van der Waals surface area (Å²) >= 11 is 0. The number of carbonyl (C=O) groups is 1. The molecule has 164 valence electrons. The lowest BCUT2D eigenvalue weighted by Crippen LogP contribution is -2.47. The number of nitrogens with zero attached hydrogens (tertiary/aromatic N) is 4. The van der Waals surface area contributed by atoms with E-state index in [1.54, 1.807) is 35.8 Å². The summed E-state index contributed by atoms with van der Waals surface area (Å²) in [5, 5.41) is 11.1. The molecule has 1 aliphatic rings. The molecule has 0 spiro atoms. The maximum absolute atomic E-state index is 13.1. The highest BCUT2D eigenvalue weighted by Gasteiger charge is 2.15. The first-order valence-electron chi connectivity index (χ1n) is 10.1. The van der Waals surface area contributed by atoms with Gasteiger partial charge in [0.25, 0.3) is 0 Å². The Hall–Kier alpha value is -2.17. The third-order valence-corrected chi connectivity index (χ3v) is 4.99. The van der Waals surface area contributed by atoms with Gasteiger partial charge in [-0.3, -0.25) is 4.79 Å². The highest BCUT2D eigenvalue weighted by Crippen LogP contribution is 2.17. The molecule has 0 aliphatic heterocycles. The maximum atomic E-state index is 13.1. The predicted molar refractivity (Wildman–Crippen MR) is 127 cm³/mol. The molecule has 30 heavy (non-hydrogen) atoms. The number of likely N-dealkylation sites (N-methyl/N-ethyl adjacent to an activating group) is 1. The molecule has 0 radical (unpaired) electrons. The smallest absolute Gasteiger partial charge is 0.241 e. The first-order chi connectivity index (χ1) is 14.0. The van der Waals surface area contributed by atoms with E-state index in [4.69, 9.17) is 0 Å².